The van der Waals surface area contributed by atoms with E-state index in [9.17, 15) is 0 Å². The van der Waals surface area contributed by atoms with Crippen molar-refractivity contribution in [1.82, 2.24) is 19.9 Å². The third kappa shape index (κ3) is 1.72. The summed E-state index contributed by atoms with van der Waals surface area (Å²) in [6.45, 7) is 4.08. The topological polar surface area (TPSA) is 54.5 Å². The van der Waals surface area contributed by atoms with Gasteiger partial charge in [0, 0.05) is 0 Å². The monoisotopic (exact) mass is 208 g/mol. The van der Waals surface area contributed by atoms with E-state index in [4.69, 9.17) is 0 Å². The van der Waals surface area contributed by atoms with Crippen molar-refractivity contribution >= 4 is 22.9 Å². The number of nitrogens with one attached hydrogen (secondary N) is 1. The van der Waals surface area contributed by atoms with Crippen molar-refractivity contribution in [1.29, 1.82) is 0 Å². The zero-order chi connectivity index (χ0) is 9.97. The Kier molecular flexibility index (Phi) is 2.67. The molecule has 0 aliphatic rings. The summed E-state index contributed by atoms with van der Waals surface area (Å²) < 4.78 is 0. The van der Waals surface area contributed by atoms with Crippen molar-refractivity contribution in [2.45, 2.75) is 25.3 Å². The molecule has 2 aromatic heterocycles. The normalized spacial score (nSPS) is 11.0. The Morgan fingerprint density at radius 1 is 1.43 bits per heavy atom. The van der Waals surface area contributed by atoms with Crippen molar-refractivity contribution in [2.24, 2.45) is 0 Å². The number of nitrogens with zero attached hydrogens (tertiary/aromatic N) is 3. The molecule has 2 rings (SSSR count). The molecule has 0 atom stereocenters. The Bertz CT molecular complexity index is 437. The Labute approximate surface area is 86.6 Å². The summed E-state index contributed by atoms with van der Waals surface area (Å²) in [5, 5.41) is 0.998. The van der Waals surface area contributed by atoms with E-state index < -0.39 is 0 Å². The van der Waals surface area contributed by atoms with Gasteiger partial charge < -0.3 is 4.98 Å². The highest BCUT2D eigenvalue weighted by Gasteiger charge is 2.06. The first-order valence-electron chi connectivity index (χ1n) is 4.61. The van der Waals surface area contributed by atoms with E-state index in [1.165, 1.54) is 0 Å². The molecule has 0 bridgehead atoms. The molecule has 5 heteroatoms. The molecule has 0 unspecified atom stereocenters. The van der Waals surface area contributed by atoms with Crippen molar-refractivity contribution in [3.8, 4) is 0 Å². The van der Waals surface area contributed by atoms with E-state index in [-0.39, 0.29) is 0 Å². The van der Waals surface area contributed by atoms with Crippen LogP contribution >= 0.6 is 11.8 Å². The van der Waals surface area contributed by atoms with Crippen LogP contribution < -0.4 is 0 Å². The average molecular weight is 208 g/mol. The van der Waals surface area contributed by atoms with E-state index >= 15 is 0 Å². The standard InChI is InChI=1S/C9H12N4S/c1-3-4-14-9-7-8(10-5-11-9)13-6(2)12-7/h5H,3-4H2,1-2H3,(H,10,11,12,13). The Hall–Kier alpha value is -1.10. The van der Waals surface area contributed by atoms with Gasteiger partial charge in [-0.15, -0.1) is 11.8 Å². The number of rotatable bonds is 3. The second-order valence-corrected chi connectivity index (χ2v) is 4.13. The lowest BCUT2D eigenvalue weighted by Crippen LogP contribution is -1.86. The van der Waals surface area contributed by atoms with Crippen LogP contribution in [0.5, 0.6) is 0 Å². The first-order valence-corrected chi connectivity index (χ1v) is 5.60. The highest BCUT2D eigenvalue weighted by atomic mass is 32.2. The summed E-state index contributed by atoms with van der Waals surface area (Å²) in [7, 11) is 0. The van der Waals surface area contributed by atoms with Gasteiger partial charge in [-0.25, -0.2) is 15.0 Å². The van der Waals surface area contributed by atoms with Crippen molar-refractivity contribution in [3.63, 3.8) is 0 Å². The van der Waals surface area contributed by atoms with Crippen LogP contribution in [-0.4, -0.2) is 25.7 Å². The van der Waals surface area contributed by atoms with Crippen molar-refractivity contribution in [3.05, 3.63) is 12.2 Å². The fraction of sp³-hybridized carbons (Fsp3) is 0.444. The first-order chi connectivity index (χ1) is 6.81. The van der Waals surface area contributed by atoms with Gasteiger partial charge in [-0.05, 0) is 19.1 Å². The molecule has 1 N–H and O–H groups in total. The molecule has 0 radical (unpaired) electrons. The second-order valence-electron chi connectivity index (χ2n) is 3.05. The predicted octanol–water partition coefficient (Wildman–Crippen LogP) is 2.16. The molecule has 74 valence electrons. The van der Waals surface area contributed by atoms with Crippen LogP contribution in [0.2, 0.25) is 0 Å². The minimum absolute atomic E-state index is 0.760. The highest BCUT2D eigenvalue weighted by molar-refractivity contribution is 7.99. The smallest absolute Gasteiger partial charge is 0.181 e. The molecule has 14 heavy (non-hydrogen) atoms. The Morgan fingerprint density at radius 3 is 3.07 bits per heavy atom. The van der Waals surface area contributed by atoms with Crippen molar-refractivity contribution in [2.75, 3.05) is 5.75 Å². The number of imidazole rings is 1. The average Bonchev–Trinajstić information content (AvgIpc) is 2.55. The van der Waals surface area contributed by atoms with Gasteiger partial charge in [-0.3, -0.25) is 0 Å². The maximum atomic E-state index is 4.26. The van der Waals surface area contributed by atoms with Gasteiger partial charge in [0.2, 0.25) is 0 Å². The Balaban J connectivity index is 2.42. The van der Waals surface area contributed by atoms with Crippen molar-refractivity contribution < 1.29 is 0 Å². The zero-order valence-corrected chi connectivity index (χ0v) is 9.06. The summed E-state index contributed by atoms with van der Waals surface area (Å²) in [5.41, 5.74) is 1.72. The van der Waals surface area contributed by atoms with Crippen LogP contribution in [0.4, 0.5) is 0 Å². The van der Waals surface area contributed by atoms with Gasteiger partial charge in [0.1, 0.15) is 22.7 Å². The number of hydrogen-bond donors (Lipinski definition) is 1. The van der Waals surface area contributed by atoms with Crippen LogP contribution in [0.3, 0.4) is 0 Å². The van der Waals surface area contributed by atoms with E-state index in [2.05, 4.69) is 26.9 Å². The predicted molar refractivity (Wildman–Crippen MR) is 57.4 cm³/mol. The van der Waals surface area contributed by atoms with Crippen LogP contribution in [0.1, 0.15) is 19.2 Å². The highest BCUT2D eigenvalue weighted by Crippen LogP contribution is 2.22. The summed E-state index contributed by atoms with van der Waals surface area (Å²) in [4.78, 5) is 15.8. The third-order valence-electron chi connectivity index (χ3n) is 1.81. The SMILES string of the molecule is CCCSc1ncnc2nc(C)[nH]c12. The largest absolute Gasteiger partial charge is 0.339 e. The van der Waals surface area contributed by atoms with E-state index in [0.717, 1.165) is 34.2 Å². The lowest BCUT2D eigenvalue weighted by atomic mass is 10.6. The molecule has 0 saturated carbocycles. The van der Waals surface area contributed by atoms with Gasteiger partial charge in [-0.1, -0.05) is 6.92 Å². The molecule has 2 aromatic rings. The molecule has 2 heterocycles. The maximum Gasteiger partial charge on any atom is 0.181 e. The van der Waals surface area contributed by atoms with Gasteiger partial charge in [0.25, 0.3) is 0 Å². The van der Waals surface area contributed by atoms with Crippen LogP contribution in [0, 0.1) is 6.92 Å². The maximum absolute atomic E-state index is 4.26. The zero-order valence-electron chi connectivity index (χ0n) is 8.24. The molecular weight excluding hydrogens is 196 g/mol. The number of H-pyrrole nitrogens is 1. The molecule has 0 saturated heterocycles. The summed E-state index contributed by atoms with van der Waals surface area (Å²) in [6.07, 6.45) is 2.71. The third-order valence-corrected chi connectivity index (χ3v) is 3.01. The minimum Gasteiger partial charge on any atom is -0.339 e. The van der Waals surface area contributed by atoms with E-state index in [1.807, 2.05) is 6.92 Å². The van der Waals surface area contributed by atoms with Gasteiger partial charge >= 0.3 is 0 Å². The minimum atomic E-state index is 0.760. The number of fused-ring (bicyclic) bond motifs is 1. The van der Waals surface area contributed by atoms with Gasteiger partial charge in [0.05, 0.1) is 0 Å². The second kappa shape index (κ2) is 3.96. The fourth-order valence-corrected chi connectivity index (χ4v) is 2.04. The lowest BCUT2D eigenvalue weighted by Gasteiger charge is -1.98. The Morgan fingerprint density at radius 2 is 2.29 bits per heavy atom. The van der Waals surface area contributed by atoms with Crippen LogP contribution in [0.15, 0.2) is 11.4 Å². The van der Waals surface area contributed by atoms with Crippen LogP contribution in [-0.2, 0) is 0 Å². The molecule has 4 nitrogen and oxygen atoms in total. The summed E-state index contributed by atoms with van der Waals surface area (Å²) in [5.74, 6) is 1.96. The lowest BCUT2D eigenvalue weighted by molar-refractivity contribution is 1.06. The van der Waals surface area contributed by atoms with Gasteiger partial charge in [0.15, 0.2) is 5.65 Å². The first kappa shape index (κ1) is 9.45. The fourth-order valence-electron chi connectivity index (χ4n) is 1.23. The van der Waals surface area contributed by atoms with Crippen LogP contribution in [0.25, 0.3) is 11.2 Å². The molecule has 0 fully saturated rings. The molecule has 0 amide bonds. The molecule has 0 aromatic carbocycles. The van der Waals surface area contributed by atoms with Gasteiger partial charge in [-0.2, -0.15) is 0 Å². The number of thioether (sulfide) groups is 1. The summed E-state index contributed by atoms with van der Waals surface area (Å²) in [6, 6.07) is 0. The number of aromatic amines is 1. The number of aromatic nitrogens is 4. The number of hydrogen-bond acceptors (Lipinski definition) is 4. The van der Waals surface area contributed by atoms with E-state index in [0.29, 0.717) is 0 Å². The summed E-state index contributed by atoms with van der Waals surface area (Å²) >= 11 is 1.74. The van der Waals surface area contributed by atoms with E-state index in [1.54, 1.807) is 18.1 Å². The molecular formula is C9H12N4S. The quantitative estimate of drug-likeness (QED) is 0.620. The molecule has 0 spiro atoms. The molecule has 0 aliphatic carbocycles. The number of aryl methyl sites for hydroxylation is 1. The molecule has 0 aliphatic heterocycles.